The summed E-state index contributed by atoms with van der Waals surface area (Å²) in [5.41, 5.74) is -1.13. The van der Waals surface area contributed by atoms with E-state index in [2.05, 4.69) is 18.6 Å². The van der Waals surface area contributed by atoms with Crippen molar-refractivity contribution < 1.29 is 22.3 Å². The minimum absolute atomic E-state index is 0.0292. The molecule has 2 N–H and O–H groups in total. The minimum atomic E-state index is -3.58. The Balaban J connectivity index is 1.81. The molecule has 1 aromatic heterocycles. The van der Waals surface area contributed by atoms with E-state index in [1.54, 1.807) is 6.92 Å². The molecule has 0 saturated carbocycles. The number of nitrogens with one attached hydrogen (secondary N) is 2. The molecule has 11 heteroatoms. The van der Waals surface area contributed by atoms with Crippen LogP contribution in [-0.4, -0.2) is 36.9 Å². The number of aromatic nitrogens is 2. The fourth-order valence-corrected chi connectivity index (χ4v) is 4.01. The number of nitrogens with zero attached hydrogens (tertiary/aromatic N) is 1. The number of benzene rings is 1. The molecule has 0 unspecified atom stereocenters. The summed E-state index contributed by atoms with van der Waals surface area (Å²) in [6.07, 6.45) is 1.92. The van der Waals surface area contributed by atoms with E-state index in [-0.39, 0.29) is 25.5 Å². The van der Waals surface area contributed by atoms with Crippen LogP contribution >= 0.6 is 0 Å². The summed E-state index contributed by atoms with van der Waals surface area (Å²) in [4.78, 5) is 24.3. The third-order valence-electron chi connectivity index (χ3n) is 4.85. The Labute approximate surface area is 186 Å². The largest absolute Gasteiger partial charge is 0.493 e. The standard InChI is InChI=1S/C21H30FN3O6S/c1-4-15(2)13-31-18-8-5-7-17(11-18)16(3)24-32(28,29)10-6-9-30-14-25-12-19(22)20(26)23-21(25)27/h5,7-8,11-12,15-16,24H,4,6,9-10,13-14H2,1-3H3,(H,23,26,27)/t15-,16+/m0/s1. The Hall–Kier alpha value is -2.50. The molecule has 2 aromatic rings. The molecule has 0 fully saturated rings. The van der Waals surface area contributed by atoms with Crippen molar-refractivity contribution in [2.45, 2.75) is 46.4 Å². The first kappa shape index (κ1) is 25.8. The highest BCUT2D eigenvalue weighted by Gasteiger charge is 2.16. The van der Waals surface area contributed by atoms with E-state index in [1.165, 1.54) is 0 Å². The zero-order chi connectivity index (χ0) is 23.7. The van der Waals surface area contributed by atoms with Crippen LogP contribution in [-0.2, 0) is 21.5 Å². The fourth-order valence-electron chi connectivity index (χ4n) is 2.72. The molecule has 0 aliphatic rings. The second kappa shape index (κ2) is 11.9. The van der Waals surface area contributed by atoms with Crippen LogP contribution in [0.2, 0.25) is 0 Å². The van der Waals surface area contributed by atoms with Crippen LogP contribution in [0.4, 0.5) is 4.39 Å². The molecule has 0 aliphatic carbocycles. The first-order valence-electron chi connectivity index (χ1n) is 10.4. The summed E-state index contributed by atoms with van der Waals surface area (Å²) in [6, 6.07) is 6.86. The molecule has 32 heavy (non-hydrogen) atoms. The Morgan fingerprint density at radius 2 is 2.00 bits per heavy atom. The molecule has 1 heterocycles. The van der Waals surface area contributed by atoms with E-state index in [9.17, 15) is 22.4 Å². The van der Waals surface area contributed by atoms with Gasteiger partial charge in [0.2, 0.25) is 15.8 Å². The number of aromatic amines is 1. The third kappa shape index (κ3) is 8.21. The van der Waals surface area contributed by atoms with Crippen LogP contribution in [0.3, 0.4) is 0 Å². The zero-order valence-corrected chi connectivity index (χ0v) is 19.3. The molecule has 0 aliphatic heterocycles. The molecule has 9 nitrogen and oxygen atoms in total. The summed E-state index contributed by atoms with van der Waals surface area (Å²) in [7, 11) is -3.58. The molecular formula is C21H30FN3O6S. The van der Waals surface area contributed by atoms with E-state index in [4.69, 9.17) is 9.47 Å². The van der Waals surface area contributed by atoms with Crippen LogP contribution in [0.25, 0.3) is 0 Å². The lowest BCUT2D eigenvalue weighted by Crippen LogP contribution is -2.32. The van der Waals surface area contributed by atoms with E-state index in [0.717, 1.165) is 22.7 Å². The highest BCUT2D eigenvalue weighted by Crippen LogP contribution is 2.20. The van der Waals surface area contributed by atoms with Crippen molar-refractivity contribution in [1.82, 2.24) is 14.3 Å². The Bertz CT molecular complexity index is 1100. The molecule has 178 valence electrons. The lowest BCUT2D eigenvalue weighted by molar-refractivity contribution is 0.0736. The van der Waals surface area contributed by atoms with Gasteiger partial charge in [0.15, 0.2) is 0 Å². The number of halogens is 1. The van der Waals surface area contributed by atoms with Gasteiger partial charge in [0.25, 0.3) is 5.56 Å². The van der Waals surface area contributed by atoms with Gasteiger partial charge in [-0.05, 0) is 37.0 Å². The fraction of sp³-hybridized carbons (Fsp3) is 0.524. The second-order valence-corrected chi connectivity index (χ2v) is 9.53. The Kier molecular flexibility index (Phi) is 9.60. The SMILES string of the molecule is CC[C@H](C)COc1cccc([C@@H](C)NS(=O)(=O)CCCOCn2cc(F)c(=O)[nH]c2=O)c1. The number of ether oxygens (including phenoxy) is 2. The topological polar surface area (TPSA) is 119 Å². The van der Waals surface area contributed by atoms with Crippen molar-refractivity contribution in [2.75, 3.05) is 19.0 Å². The van der Waals surface area contributed by atoms with Gasteiger partial charge in [-0.2, -0.15) is 4.39 Å². The maximum Gasteiger partial charge on any atom is 0.330 e. The molecule has 1 aromatic carbocycles. The predicted molar refractivity (Wildman–Crippen MR) is 119 cm³/mol. The average molecular weight is 472 g/mol. The highest BCUT2D eigenvalue weighted by molar-refractivity contribution is 7.89. The number of rotatable bonds is 13. The van der Waals surface area contributed by atoms with Gasteiger partial charge in [0.1, 0.15) is 12.5 Å². The maximum atomic E-state index is 13.2. The normalized spacial score (nSPS) is 13.6. The quantitative estimate of drug-likeness (QED) is 0.432. The number of sulfonamides is 1. The summed E-state index contributed by atoms with van der Waals surface area (Å²) in [5, 5.41) is 0. The smallest absolute Gasteiger partial charge is 0.330 e. The van der Waals surface area contributed by atoms with Crippen LogP contribution in [0.1, 0.15) is 45.2 Å². The summed E-state index contributed by atoms with van der Waals surface area (Å²) < 4.78 is 52.4. The van der Waals surface area contributed by atoms with Crippen LogP contribution in [0, 0.1) is 11.7 Å². The highest BCUT2D eigenvalue weighted by atomic mass is 32.2. The summed E-state index contributed by atoms with van der Waals surface area (Å²) in [6.45, 7) is 6.26. The maximum absolute atomic E-state index is 13.2. The zero-order valence-electron chi connectivity index (χ0n) is 18.5. The van der Waals surface area contributed by atoms with Gasteiger partial charge in [0, 0.05) is 12.6 Å². The van der Waals surface area contributed by atoms with Crippen LogP contribution in [0.15, 0.2) is 40.1 Å². The molecule has 2 rings (SSSR count). The number of hydrogen-bond donors (Lipinski definition) is 2. The van der Waals surface area contributed by atoms with Gasteiger partial charge < -0.3 is 9.47 Å². The Morgan fingerprint density at radius 3 is 2.72 bits per heavy atom. The molecule has 0 spiro atoms. The average Bonchev–Trinajstić information content (AvgIpc) is 2.75. The lowest BCUT2D eigenvalue weighted by atomic mass is 10.1. The van der Waals surface area contributed by atoms with Crippen LogP contribution in [0.5, 0.6) is 5.75 Å². The van der Waals surface area contributed by atoms with Crippen molar-refractivity contribution in [3.63, 3.8) is 0 Å². The van der Waals surface area contributed by atoms with Crippen LogP contribution < -0.4 is 20.7 Å². The second-order valence-electron chi connectivity index (χ2n) is 7.65. The molecule has 0 bridgehead atoms. The van der Waals surface area contributed by atoms with Gasteiger partial charge in [-0.15, -0.1) is 0 Å². The van der Waals surface area contributed by atoms with Crippen molar-refractivity contribution in [2.24, 2.45) is 5.92 Å². The van der Waals surface area contributed by atoms with E-state index < -0.39 is 33.1 Å². The lowest BCUT2D eigenvalue weighted by Gasteiger charge is -2.17. The van der Waals surface area contributed by atoms with E-state index in [1.807, 2.05) is 29.2 Å². The molecular weight excluding hydrogens is 441 g/mol. The summed E-state index contributed by atoms with van der Waals surface area (Å²) >= 11 is 0. The van der Waals surface area contributed by atoms with E-state index in [0.29, 0.717) is 18.3 Å². The molecule has 2 atom stereocenters. The van der Waals surface area contributed by atoms with Gasteiger partial charge >= 0.3 is 5.69 Å². The van der Waals surface area contributed by atoms with E-state index >= 15 is 0 Å². The number of H-pyrrole nitrogens is 1. The summed E-state index contributed by atoms with van der Waals surface area (Å²) in [5.74, 6) is -0.172. The van der Waals surface area contributed by atoms with Crippen molar-refractivity contribution in [3.8, 4) is 5.75 Å². The Morgan fingerprint density at radius 1 is 1.25 bits per heavy atom. The molecule has 0 amide bonds. The van der Waals surface area contributed by atoms with Crippen molar-refractivity contribution >= 4 is 10.0 Å². The number of hydrogen-bond acceptors (Lipinski definition) is 6. The van der Waals surface area contributed by atoms with Crippen molar-refractivity contribution in [3.05, 3.63) is 62.7 Å². The molecule has 0 saturated heterocycles. The molecule has 0 radical (unpaired) electrons. The van der Waals surface area contributed by atoms with Gasteiger partial charge in [0.05, 0.1) is 18.6 Å². The van der Waals surface area contributed by atoms with Gasteiger partial charge in [-0.3, -0.25) is 14.3 Å². The first-order chi connectivity index (χ1) is 15.1. The third-order valence-corrected chi connectivity index (χ3v) is 6.38. The first-order valence-corrected chi connectivity index (χ1v) is 12.1. The minimum Gasteiger partial charge on any atom is -0.493 e. The monoisotopic (exact) mass is 471 g/mol. The van der Waals surface area contributed by atoms with Gasteiger partial charge in [-0.25, -0.2) is 17.9 Å². The van der Waals surface area contributed by atoms with Gasteiger partial charge in [-0.1, -0.05) is 32.4 Å². The van der Waals surface area contributed by atoms with Crippen molar-refractivity contribution in [1.29, 1.82) is 0 Å². The predicted octanol–water partition coefficient (Wildman–Crippen LogP) is 2.15.